The van der Waals surface area contributed by atoms with Crippen molar-refractivity contribution in [3.05, 3.63) is 51.7 Å². The third kappa shape index (κ3) is 6.20. The molecule has 0 bridgehead atoms. The van der Waals surface area contributed by atoms with Crippen molar-refractivity contribution in [3.8, 4) is 0 Å². The molecule has 2 aromatic rings. The number of nitrogens with one attached hydrogen (secondary N) is 2. The molecule has 0 atom stereocenters. The smallest absolute Gasteiger partial charge is 0.226 e. The number of guanidine groups is 1. The van der Waals surface area contributed by atoms with E-state index in [-0.39, 0.29) is 29.9 Å². The van der Waals surface area contributed by atoms with E-state index < -0.39 is 0 Å². The van der Waals surface area contributed by atoms with Gasteiger partial charge in [0.15, 0.2) is 5.96 Å². The van der Waals surface area contributed by atoms with Crippen LogP contribution in [0.2, 0.25) is 0 Å². The lowest BCUT2D eigenvalue weighted by molar-refractivity contribution is -0.119. The fourth-order valence-corrected chi connectivity index (χ4v) is 3.97. The minimum absolute atomic E-state index is 0. The first-order chi connectivity index (χ1) is 13.2. The number of anilines is 1. The molecule has 3 rings (SSSR count). The van der Waals surface area contributed by atoms with Crippen LogP contribution in [-0.2, 0) is 17.9 Å². The number of benzene rings is 1. The van der Waals surface area contributed by atoms with E-state index in [4.69, 9.17) is 0 Å². The van der Waals surface area contributed by atoms with Crippen LogP contribution in [0.25, 0.3) is 0 Å². The Kier molecular flexibility index (Phi) is 9.24. The molecule has 1 saturated heterocycles. The number of rotatable bonds is 6. The highest BCUT2D eigenvalue weighted by molar-refractivity contribution is 14.0. The number of amides is 1. The molecule has 1 aliphatic heterocycles. The summed E-state index contributed by atoms with van der Waals surface area (Å²) in [5.41, 5.74) is 3.43. The molecule has 0 aliphatic carbocycles. The van der Waals surface area contributed by atoms with Gasteiger partial charge in [-0.3, -0.25) is 4.79 Å². The molecule has 2 N–H and O–H groups in total. The SMILES string of the molecule is CCNC(=NCc1ccc(N2CCCCC2=O)cc1)NCc1sccc1C.I. The zero-order valence-electron chi connectivity index (χ0n) is 16.5. The molecule has 5 nitrogen and oxygen atoms in total. The Morgan fingerprint density at radius 3 is 2.61 bits per heavy atom. The van der Waals surface area contributed by atoms with E-state index in [9.17, 15) is 4.79 Å². The lowest BCUT2D eigenvalue weighted by Gasteiger charge is -2.26. The van der Waals surface area contributed by atoms with Gasteiger partial charge < -0.3 is 15.5 Å². The summed E-state index contributed by atoms with van der Waals surface area (Å²) in [6.07, 6.45) is 2.75. The van der Waals surface area contributed by atoms with Crippen molar-refractivity contribution < 1.29 is 4.79 Å². The number of hydrogen-bond donors (Lipinski definition) is 2. The number of carbonyl (C=O) groups excluding carboxylic acids is 1. The summed E-state index contributed by atoms with van der Waals surface area (Å²) in [6, 6.07) is 10.3. The largest absolute Gasteiger partial charge is 0.357 e. The lowest BCUT2D eigenvalue weighted by atomic mass is 10.1. The Balaban J connectivity index is 0.00000280. The average Bonchev–Trinajstić information content (AvgIpc) is 3.10. The Morgan fingerprint density at radius 2 is 1.96 bits per heavy atom. The number of halogens is 1. The lowest BCUT2D eigenvalue weighted by Crippen LogP contribution is -2.36. The van der Waals surface area contributed by atoms with Crippen molar-refractivity contribution in [2.75, 3.05) is 18.0 Å². The van der Waals surface area contributed by atoms with Gasteiger partial charge in [-0.05, 0) is 61.4 Å². The maximum atomic E-state index is 12.0. The van der Waals surface area contributed by atoms with Crippen LogP contribution in [0, 0.1) is 6.92 Å². The summed E-state index contributed by atoms with van der Waals surface area (Å²) in [5.74, 6) is 1.05. The molecule has 1 aromatic carbocycles. The Morgan fingerprint density at radius 1 is 1.18 bits per heavy atom. The molecular formula is C21H29IN4OS. The highest BCUT2D eigenvalue weighted by atomic mass is 127. The number of hydrogen-bond acceptors (Lipinski definition) is 3. The molecule has 1 fully saturated rings. The van der Waals surface area contributed by atoms with Crippen molar-refractivity contribution in [2.45, 2.75) is 46.2 Å². The maximum Gasteiger partial charge on any atom is 0.226 e. The molecule has 152 valence electrons. The summed E-state index contributed by atoms with van der Waals surface area (Å²) in [5, 5.41) is 8.81. The molecule has 0 saturated carbocycles. The summed E-state index contributed by atoms with van der Waals surface area (Å²) in [4.78, 5) is 20.0. The first-order valence-electron chi connectivity index (χ1n) is 9.62. The van der Waals surface area contributed by atoms with Gasteiger partial charge in [-0.1, -0.05) is 12.1 Å². The fourth-order valence-electron chi connectivity index (χ4n) is 3.12. The Hall–Kier alpha value is -1.61. The number of piperidine rings is 1. The van der Waals surface area contributed by atoms with Gasteiger partial charge in [0.05, 0.1) is 13.1 Å². The number of aryl methyl sites for hydroxylation is 1. The molecule has 0 unspecified atom stereocenters. The van der Waals surface area contributed by atoms with Gasteiger partial charge in [-0.2, -0.15) is 0 Å². The molecule has 1 amide bonds. The summed E-state index contributed by atoms with van der Waals surface area (Å²) in [7, 11) is 0. The monoisotopic (exact) mass is 512 g/mol. The van der Waals surface area contributed by atoms with E-state index in [1.165, 1.54) is 10.4 Å². The number of aliphatic imine (C=N–C) groups is 1. The van der Waals surface area contributed by atoms with E-state index in [2.05, 4.69) is 53.1 Å². The second-order valence-electron chi connectivity index (χ2n) is 6.74. The molecule has 2 heterocycles. The summed E-state index contributed by atoms with van der Waals surface area (Å²) in [6.45, 7) is 7.24. The van der Waals surface area contributed by atoms with Crippen LogP contribution < -0.4 is 15.5 Å². The average molecular weight is 512 g/mol. The van der Waals surface area contributed by atoms with Crippen LogP contribution in [0.5, 0.6) is 0 Å². The molecule has 28 heavy (non-hydrogen) atoms. The zero-order chi connectivity index (χ0) is 19.1. The predicted molar refractivity (Wildman–Crippen MR) is 129 cm³/mol. The summed E-state index contributed by atoms with van der Waals surface area (Å²) >= 11 is 1.76. The van der Waals surface area contributed by atoms with E-state index >= 15 is 0 Å². The van der Waals surface area contributed by atoms with Crippen LogP contribution in [0.1, 0.15) is 42.2 Å². The molecule has 1 aromatic heterocycles. The van der Waals surface area contributed by atoms with Crippen LogP contribution in [0.15, 0.2) is 40.7 Å². The van der Waals surface area contributed by atoms with E-state index in [1.54, 1.807) is 11.3 Å². The van der Waals surface area contributed by atoms with Crippen LogP contribution in [0.3, 0.4) is 0 Å². The van der Waals surface area contributed by atoms with Gasteiger partial charge in [0.1, 0.15) is 0 Å². The second-order valence-corrected chi connectivity index (χ2v) is 7.75. The van der Waals surface area contributed by atoms with E-state index in [0.29, 0.717) is 13.0 Å². The highest BCUT2D eigenvalue weighted by Crippen LogP contribution is 2.21. The van der Waals surface area contributed by atoms with Gasteiger partial charge in [0.2, 0.25) is 5.91 Å². The number of thiophene rings is 1. The highest BCUT2D eigenvalue weighted by Gasteiger charge is 2.19. The van der Waals surface area contributed by atoms with Crippen LogP contribution in [-0.4, -0.2) is 25.0 Å². The van der Waals surface area contributed by atoms with Gasteiger partial charge >= 0.3 is 0 Å². The minimum Gasteiger partial charge on any atom is -0.357 e. The van der Waals surface area contributed by atoms with Crippen molar-refractivity contribution >= 4 is 52.9 Å². The molecule has 1 aliphatic rings. The minimum atomic E-state index is 0. The standard InChI is InChI=1S/C21H28N4OS.HI/c1-3-22-21(24-15-19-16(2)11-13-27-19)23-14-17-7-9-18(10-8-17)25-12-5-4-6-20(25)26;/h7-11,13H,3-6,12,14-15H2,1-2H3,(H2,22,23,24);1H. The van der Waals surface area contributed by atoms with Crippen molar-refractivity contribution in [1.82, 2.24) is 10.6 Å². The Bertz CT molecular complexity index is 788. The second kappa shape index (κ2) is 11.4. The molecule has 0 spiro atoms. The van der Waals surface area contributed by atoms with Gasteiger partial charge in [0, 0.05) is 30.1 Å². The van der Waals surface area contributed by atoms with Gasteiger partial charge in [0.25, 0.3) is 0 Å². The first-order valence-corrected chi connectivity index (χ1v) is 10.5. The molecule has 7 heteroatoms. The quantitative estimate of drug-likeness (QED) is 0.342. The third-order valence-corrected chi connectivity index (χ3v) is 5.74. The third-order valence-electron chi connectivity index (χ3n) is 4.72. The van der Waals surface area contributed by atoms with Crippen molar-refractivity contribution in [1.29, 1.82) is 0 Å². The zero-order valence-corrected chi connectivity index (χ0v) is 19.7. The summed E-state index contributed by atoms with van der Waals surface area (Å²) < 4.78 is 0. The van der Waals surface area contributed by atoms with E-state index in [1.807, 2.05) is 17.0 Å². The molecular weight excluding hydrogens is 483 g/mol. The van der Waals surface area contributed by atoms with Crippen molar-refractivity contribution in [3.63, 3.8) is 0 Å². The van der Waals surface area contributed by atoms with Crippen molar-refractivity contribution in [2.24, 2.45) is 4.99 Å². The maximum absolute atomic E-state index is 12.0. The van der Waals surface area contributed by atoms with Crippen LogP contribution >= 0.6 is 35.3 Å². The topological polar surface area (TPSA) is 56.7 Å². The van der Waals surface area contributed by atoms with Gasteiger partial charge in [-0.25, -0.2) is 4.99 Å². The molecule has 0 radical (unpaired) electrons. The van der Waals surface area contributed by atoms with E-state index in [0.717, 1.165) is 49.7 Å². The van der Waals surface area contributed by atoms with Crippen LogP contribution in [0.4, 0.5) is 5.69 Å². The fraction of sp³-hybridized carbons (Fsp3) is 0.429. The van der Waals surface area contributed by atoms with Gasteiger partial charge in [-0.15, -0.1) is 35.3 Å². The predicted octanol–water partition coefficient (Wildman–Crippen LogP) is 4.45. The Labute approximate surface area is 188 Å². The number of carbonyl (C=O) groups is 1. The first kappa shape index (κ1) is 22.7. The number of nitrogens with zero attached hydrogens (tertiary/aromatic N) is 2. The normalized spacial score (nSPS) is 14.6.